The number of rotatable bonds is 9. The van der Waals surface area contributed by atoms with Crippen LogP contribution in [0.2, 0.25) is 0 Å². The number of nitrogens with one attached hydrogen (secondary N) is 2. The molecule has 2 aromatic carbocycles. The first kappa shape index (κ1) is 24.4. The number of hydrogen-bond acceptors (Lipinski definition) is 7. The highest BCUT2D eigenvalue weighted by Crippen LogP contribution is 2.24. The summed E-state index contributed by atoms with van der Waals surface area (Å²) in [6.07, 6.45) is 7.11. The lowest BCUT2D eigenvalue weighted by Gasteiger charge is -2.30. The van der Waals surface area contributed by atoms with E-state index in [-0.39, 0.29) is 18.2 Å². The zero-order chi connectivity index (χ0) is 24.6. The van der Waals surface area contributed by atoms with Crippen LogP contribution in [0.3, 0.4) is 0 Å². The van der Waals surface area contributed by atoms with Crippen LogP contribution >= 0.6 is 0 Å². The average molecular weight is 482 g/mol. The molecule has 1 aliphatic heterocycles. The zero-order valence-corrected chi connectivity index (χ0v) is 19.8. The van der Waals surface area contributed by atoms with Crippen molar-refractivity contribution < 1.29 is 18.3 Å². The summed E-state index contributed by atoms with van der Waals surface area (Å²) < 4.78 is 39.2. The number of nitrogens with zero attached hydrogens (tertiary/aromatic N) is 3. The first-order valence-electron chi connectivity index (χ1n) is 11.5. The molecule has 1 saturated heterocycles. The van der Waals surface area contributed by atoms with Gasteiger partial charge in [-0.3, -0.25) is 0 Å². The third-order valence-corrected chi connectivity index (χ3v) is 5.69. The maximum absolute atomic E-state index is 14.1. The largest absolute Gasteiger partial charge is 0.504 e. The highest BCUT2D eigenvalue weighted by atomic mass is 19.1. The van der Waals surface area contributed by atoms with Gasteiger partial charge in [-0.1, -0.05) is 6.07 Å². The predicted molar refractivity (Wildman–Crippen MR) is 133 cm³/mol. The predicted octanol–water partition coefficient (Wildman–Crippen LogP) is 5.20. The van der Waals surface area contributed by atoms with E-state index in [2.05, 4.69) is 32.5 Å². The van der Waals surface area contributed by atoms with E-state index in [1.807, 2.05) is 24.3 Å². The Balaban J connectivity index is 1.46. The number of piperidine rings is 1. The second kappa shape index (κ2) is 11.6. The number of halogens is 2. The normalized spacial score (nSPS) is 16.3. The second-order valence-corrected chi connectivity index (χ2v) is 8.38. The van der Waals surface area contributed by atoms with Gasteiger partial charge in [0.25, 0.3) is 0 Å². The monoisotopic (exact) mass is 481 g/mol. The zero-order valence-electron chi connectivity index (χ0n) is 19.8. The van der Waals surface area contributed by atoms with Crippen molar-refractivity contribution in [2.24, 2.45) is 0 Å². The van der Waals surface area contributed by atoms with Crippen molar-refractivity contribution in [3.8, 4) is 5.75 Å². The molecule has 2 heterocycles. The van der Waals surface area contributed by atoms with Crippen LogP contribution in [0.15, 0.2) is 54.9 Å². The quantitative estimate of drug-likeness (QED) is 0.407. The van der Waals surface area contributed by atoms with Gasteiger partial charge in [-0.15, -0.1) is 0 Å². The van der Waals surface area contributed by atoms with Gasteiger partial charge in [0.2, 0.25) is 5.95 Å². The van der Waals surface area contributed by atoms with E-state index in [0.29, 0.717) is 17.3 Å². The summed E-state index contributed by atoms with van der Waals surface area (Å²) in [5.74, 6) is 0.298. The number of methoxy groups -OCH3 is 1. The van der Waals surface area contributed by atoms with Crippen LogP contribution in [0.5, 0.6) is 5.75 Å². The maximum atomic E-state index is 14.1. The molecule has 35 heavy (non-hydrogen) atoms. The third-order valence-electron chi connectivity index (χ3n) is 5.69. The van der Waals surface area contributed by atoms with E-state index in [4.69, 9.17) is 9.47 Å². The summed E-state index contributed by atoms with van der Waals surface area (Å²) in [5, 5.41) is 6.16. The van der Waals surface area contributed by atoms with E-state index in [1.54, 1.807) is 12.3 Å². The molecular weight excluding hydrogens is 452 g/mol. The Labute approximate surface area is 203 Å². The van der Waals surface area contributed by atoms with Crippen LogP contribution < -0.4 is 15.4 Å². The first-order valence-corrected chi connectivity index (χ1v) is 11.5. The van der Waals surface area contributed by atoms with Crippen LogP contribution in [-0.2, 0) is 11.3 Å². The summed E-state index contributed by atoms with van der Waals surface area (Å²) >= 11 is 0. The highest BCUT2D eigenvalue weighted by molar-refractivity contribution is 5.65. The maximum Gasteiger partial charge on any atom is 0.229 e. The molecule has 1 aromatic heterocycles. The summed E-state index contributed by atoms with van der Waals surface area (Å²) in [7, 11) is 3.63. The molecule has 0 radical (unpaired) electrons. The molecule has 0 aliphatic carbocycles. The van der Waals surface area contributed by atoms with Crippen molar-refractivity contribution in [2.75, 3.05) is 37.9 Å². The van der Waals surface area contributed by atoms with E-state index >= 15 is 0 Å². The number of aromatic nitrogens is 2. The SMILES string of the molecule is COC=Cc1cnc(Nc2ccc(OC3CCCN(C)C3)cc2)nc1NCc1c(F)cccc1F. The second-order valence-electron chi connectivity index (χ2n) is 8.38. The fourth-order valence-electron chi connectivity index (χ4n) is 3.88. The Kier molecular flexibility index (Phi) is 8.10. The Hall–Kier alpha value is -3.72. The van der Waals surface area contributed by atoms with Crippen LogP contribution in [0.4, 0.5) is 26.2 Å². The molecule has 2 N–H and O–H groups in total. The van der Waals surface area contributed by atoms with E-state index < -0.39 is 11.6 Å². The van der Waals surface area contributed by atoms with Gasteiger partial charge in [0.1, 0.15) is 29.3 Å². The average Bonchev–Trinajstić information content (AvgIpc) is 2.84. The molecule has 1 fully saturated rings. The molecule has 184 valence electrons. The Bertz CT molecular complexity index is 1140. The van der Waals surface area contributed by atoms with Crippen molar-refractivity contribution in [1.82, 2.24) is 14.9 Å². The number of likely N-dealkylation sites (N-methyl/N-ethyl adjacent to an activating group) is 1. The molecule has 0 saturated carbocycles. The standard InChI is InChI=1S/C26H29F2N5O2/c1-33-13-4-5-21(17-33)35-20-10-8-19(9-11-20)31-26-30-15-18(12-14-34-2)25(32-26)29-16-22-23(27)6-3-7-24(22)28/h3,6-12,14-15,21H,4-5,13,16-17H2,1-2H3,(H2,29,30,31,32). The van der Waals surface area contributed by atoms with E-state index in [1.165, 1.54) is 31.6 Å². The Morgan fingerprint density at radius 2 is 1.91 bits per heavy atom. The number of anilines is 3. The Morgan fingerprint density at radius 1 is 1.14 bits per heavy atom. The third kappa shape index (κ3) is 6.66. The van der Waals surface area contributed by atoms with Crippen molar-refractivity contribution in [2.45, 2.75) is 25.5 Å². The fourth-order valence-corrected chi connectivity index (χ4v) is 3.88. The number of benzene rings is 2. The fraction of sp³-hybridized carbons (Fsp3) is 0.308. The molecule has 9 heteroatoms. The van der Waals surface area contributed by atoms with Gasteiger partial charge in [-0.2, -0.15) is 4.98 Å². The van der Waals surface area contributed by atoms with Gasteiger partial charge >= 0.3 is 0 Å². The molecule has 0 spiro atoms. The van der Waals surface area contributed by atoms with Gasteiger partial charge in [-0.05, 0) is 68.9 Å². The first-order chi connectivity index (χ1) is 17.0. The topological polar surface area (TPSA) is 71.5 Å². The lowest BCUT2D eigenvalue weighted by atomic mass is 10.1. The molecule has 4 rings (SSSR count). The van der Waals surface area contributed by atoms with Crippen LogP contribution in [0.1, 0.15) is 24.0 Å². The number of ether oxygens (including phenoxy) is 2. The minimum atomic E-state index is -0.624. The van der Waals surface area contributed by atoms with Crippen LogP contribution in [-0.4, -0.2) is 48.2 Å². The van der Waals surface area contributed by atoms with Crippen LogP contribution in [0, 0.1) is 11.6 Å². The van der Waals surface area contributed by atoms with Crippen molar-refractivity contribution >= 4 is 23.5 Å². The summed E-state index contributed by atoms with van der Waals surface area (Å²) in [4.78, 5) is 11.1. The molecule has 0 amide bonds. The number of hydrogen-bond donors (Lipinski definition) is 2. The molecule has 1 unspecified atom stereocenters. The molecular formula is C26H29F2N5O2. The summed E-state index contributed by atoms with van der Waals surface area (Å²) in [6, 6.07) is 11.4. The number of likely N-dealkylation sites (tertiary alicyclic amines) is 1. The lowest BCUT2D eigenvalue weighted by Crippen LogP contribution is -2.38. The molecule has 3 aromatic rings. The molecule has 1 aliphatic rings. The van der Waals surface area contributed by atoms with Gasteiger partial charge in [0.15, 0.2) is 0 Å². The van der Waals surface area contributed by atoms with Crippen molar-refractivity contribution in [1.29, 1.82) is 0 Å². The minimum absolute atomic E-state index is 0.0676. The summed E-state index contributed by atoms with van der Waals surface area (Å²) in [5.41, 5.74) is 1.32. The summed E-state index contributed by atoms with van der Waals surface area (Å²) in [6.45, 7) is 1.95. The smallest absolute Gasteiger partial charge is 0.229 e. The molecule has 1 atom stereocenters. The van der Waals surface area contributed by atoms with Gasteiger partial charge < -0.3 is 25.0 Å². The molecule has 7 nitrogen and oxygen atoms in total. The van der Waals surface area contributed by atoms with Crippen LogP contribution in [0.25, 0.3) is 6.08 Å². The highest BCUT2D eigenvalue weighted by Gasteiger charge is 2.18. The van der Waals surface area contributed by atoms with E-state index in [0.717, 1.165) is 37.4 Å². The Morgan fingerprint density at radius 3 is 2.63 bits per heavy atom. The van der Waals surface area contributed by atoms with E-state index in [9.17, 15) is 8.78 Å². The van der Waals surface area contributed by atoms with Crippen molar-refractivity contribution in [3.63, 3.8) is 0 Å². The minimum Gasteiger partial charge on any atom is -0.504 e. The van der Waals surface area contributed by atoms with Gasteiger partial charge in [0, 0.05) is 36.1 Å². The van der Waals surface area contributed by atoms with Gasteiger partial charge in [-0.25, -0.2) is 13.8 Å². The van der Waals surface area contributed by atoms with Crippen molar-refractivity contribution in [3.05, 3.63) is 77.7 Å². The molecule has 0 bridgehead atoms. The van der Waals surface area contributed by atoms with Gasteiger partial charge in [0.05, 0.1) is 13.4 Å². The lowest BCUT2D eigenvalue weighted by molar-refractivity contribution is 0.104.